The number of ether oxygens (including phenoxy) is 1. The van der Waals surface area contributed by atoms with E-state index in [1.165, 1.54) is 18.2 Å². The molecule has 0 unspecified atom stereocenters. The molecule has 0 amide bonds. The molecule has 2 saturated heterocycles. The molecule has 4 nitrogen and oxygen atoms in total. The number of nitrogens with one attached hydrogen (secondary N) is 1. The van der Waals surface area contributed by atoms with E-state index in [-0.39, 0.29) is 29.1 Å². The Morgan fingerprint density at radius 3 is 2.88 bits per heavy atom. The number of aromatic nitrogens is 1. The molecule has 2 aliphatic rings. The zero-order chi connectivity index (χ0) is 17.3. The van der Waals surface area contributed by atoms with E-state index in [9.17, 15) is 8.78 Å². The van der Waals surface area contributed by atoms with Crippen LogP contribution in [0.1, 0.15) is 18.4 Å². The first kappa shape index (κ1) is 16.4. The second kappa shape index (κ2) is 6.69. The van der Waals surface area contributed by atoms with Crippen molar-refractivity contribution in [3.8, 4) is 0 Å². The van der Waals surface area contributed by atoms with Crippen LogP contribution in [0.15, 0.2) is 42.6 Å². The summed E-state index contributed by atoms with van der Waals surface area (Å²) >= 11 is 0. The maximum Gasteiger partial charge on any atom is 0.165 e. The number of hydrogen-bond acceptors (Lipinski definition) is 4. The number of hydrogen-bond donors (Lipinski definition) is 1. The van der Waals surface area contributed by atoms with Crippen LogP contribution in [-0.2, 0) is 11.3 Å². The van der Waals surface area contributed by atoms with Crippen LogP contribution in [-0.4, -0.2) is 41.2 Å². The zero-order valence-electron chi connectivity index (χ0n) is 13.9. The van der Waals surface area contributed by atoms with Crippen molar-refractivity contribution in [3.05, 3.63) is 59.8 Å². The molecule has 2 fully saturated rings. The molecular weight excluding hydrogens is 324 g/mol. The Hall–Kier alpha value is -2.05. The number of likely N-dealkylation sites (tertiary alicyclic amines) is 1. The SMILES string of the molecule is Fc1ccc(CN2CC[C@]3(C[C@@H](Nc4ncccc4F)CO3)C2)cc1. The highest BCUT2D eigenvalue weighted by molar-refractivity contribution is 5.37. The van der Waals surface area contributed by atoms with E-state index in [1.54, 1.807) is 12.3 Å². The van der Waals surface area contributed by atoms with Crippen LogP contribution < -0.4 is 5.32 Å². The third-order valence-electron chi connectivity index (χ3n) is 5.02. The van der Waals surface area contributed by atoms with E-state index in [0.29, 0.717) is 6.61 Å². The first-order valence-corrected chi connectivity index (χ1v) is 8.60. The minimum absolute atomic E-state index is 0.0650. The van der Waals surface area contributed by atoms with Crippen molar-refractivity contribution in [1.82, 2.24) is 9.88 Å². The van der Waals surface area contributed by atoms with Crippen molar-refractivity contribution in [3.63, 3.8) is 0 Å². The third kappa shape index (κ3) is 3.65. The molecule has 3 heterocycles. The summed E-state index contributed by atoms with van der Waals surface area (Å²) < 4.78 is 32.9. The first-order chi connectivity index (χ1) is 12.1. The van der Waals surface area contributed by atoms with Gasteiger partial charge in [0.25, 0.3) is 0 Å². The topological polar surface area (TPSA) is 37.4 Å². The largest absolute Gasteiger partial charge is 0.371 e. The summed E-state index contributed by atoms with van der Waals surface area (Å²) in [6.07, 6.45) is 3.37. The van der Waals surface area contributed by atoms with Gasteiger partial charge in [0.2, 0.25) is 0 Å². The van der Waals surface area contributed by atoms with Crippen LogP contribution in [0.5, 0.6) is 0 Å². The minimum Gasteiger partial charge on any atom is -0.371 e. The second-order valence-corrected chi connectivity index (χ2v) is 6.96. The van der Waals surface area contributed by atoms with Crippen LogP contribution in [0.3, 0.4) is 0 Å². The van der Waals surface area contributed by atoms with Crippen LogP contribution >= 0.6 is 0 Å². The molecule has 1 aromatic heterocycles. The lowest BCUT2D eigenvalue weighted by atomic mass is 9.97. The van der Waals surface area contributed by atoms with E-state index >= 15 is 0 Å². The van der Waals surface area contributed by atoms with Crippen LogP contribution in [0.2, 0.25) is 0 Å². The molecule has 132 valence electrons. The average Bonchev–Trinajstić information content (AvgIpc) is 3.19. The standard InChI is InChI=1S/C19H21F2N3O/c20-15-5-3-14(4-6-15)11-24-9-7-19(13-24)10-16(12-25-19)23-18-17(21)2-1-8-22-18/h1-6,8,16H,7,9-13H2,(H,22,23)/t16-,19+/m1/s1. The molecule has 0 radical (unpaired) electrons. The quantitative estimate of drug-likeness (QED) is 0.923. The van der Waals surface area contributed by atoms with Gasteiger partial charge in [0.15, 0.2) is 11.6 Å². The van der Waals surface area contributed by atoms with Gasteiger partial charge in [-0.1, -0.05) is 12.1 Å². The molecule has 0 aliphatic carbocycles. The molecule has 2 aromatic rings. The van der Waals surface area contributed by atoms with E-state index in [0.717, 1.165) is 38.0 Å². The summed E-state index contributed by atoms with van der Waals surface area (Å²) in [6.45, 7) is 3.13. The van der Waals surface area contributed by atoms with Gasteiger partial charge in [0, 0.05) is 32.3 Å². The van der Waals surface area contributed by atoms with Crippen LogP contribution in [0.4, 0.5) is 14.6 Å². The lowest BCUT2D eigenvalue weighted by Gasteiger charge is -2.23. The maximum absolute atomic E-state index is 13.7. The fourth-order valence-corrected chi connectivity index (χ4v) is 3.82. The Balaban J connectivity index is 1.35. The lowest BCUT2D eigenvalue weighted by Crippen LogP contribution is -2.33. The highest BCUT2D eigenvalue weighted by Crippen LogP contribution is 2.36. The zero-order valence-corrected chi connectivity index (χ0v) is 13.9. The molecule has 2 atom stereocenters. The Morgan fingerprint density at radius 1 is 1.24 bits per heavy atom. The van der Waals surface area contributed by atoms with Crippen molar-refractivity contribution < 1.29 is 13.5 Å². The molecule has 0 saturated carbocycles. The molecule has 1 aromatic carbocycles. The van der Waals surface area contributed by atoms with E-state index < -0.39 is 0 Å². The number of anilines is 1. The molecule has 1 N–H and O–H groups in total. The number of benzene rings is 1. The van der Waals surface area contributed by atoms with Gasteiger partial charge < -0.3 is 10.1 Å². The molecule has 6 heteroatoms. The maximum atomic E-state index is 13.7. The predicted molar refractivity (Wildman–Crippen MR) is 91.2 cm³/mol. The summed E-state index contributed by atoms with van der Waals surface area (Å²) in [5.41, 5.74) is 0.921. The van der Waals surface area contributed by atoms with Crippen molar-refractivity contribution in [2.24, 2.45) is 0 Å². The van der Waals surface area contributed by atoms with E-state index in [1.807, 2.05) is 12.1 Å². The van der Waals surface area contributed by atoms with Crippen molar-refractivity contribution >= 4 is 5.82 Å². The van der Waals surface area contributed by atoms with Gasteiger partial charge in [-0.3, -0.25) is 4.90 Å². The summed E-state index contributed by atoms with van der Waals surface area (Å²) in [5, 5.41) is 3.16. The normalized spacial score (nSPS) is 26.4. The van der Waals surface area contributed by atoms with Crippen LogP contribution in [0.25, 0.3) is 0 Å². The predicted octanol–water partition coefficient (Wildman–Crippen LogP) is 3.21. The van der Waals surface area contributed by atoms with Gasteiger partial charge in [-0.25, -0.2) is 13.8 Å². The molecule has 25 heavy (non-hydrogen) atoms. The van der Waals surface area contributed by atoms with Crippen molar-refractivity contribution in [1.29, 1.82) is 0 Å². The molecule has 0 bridgehead atoms. The number of halogens is 2. The van der Waals surface area contributed by atoms with Crippen LogP contribution in [0, 0.1) is 11.6 Å². The average molecular weight is 345 g/mol. The smallest absolute Gasteiger partial charge is 0.165 e. The van der Waals surface area contributed by atoms with Gasteiger partial charge in [-0.15, -0.1) is 0 Å². The highest BCUT2D eigenvalue weighted by Gasteiger charge is 2.45. The molecular formula is C19H21F2N3O. The van der Waals surface area contributed by atoms with Gasteiger partial charge in [-0.05, 0) is 36.2 Å². The molecule has 2 aliphatic heterocycles. The fraction of sp³-hybridized carbons (Fsp3) is 0.421. The summed E-state index contributed by atoms with van der Waals surface area (Å²) in [6, 6.07) is 9.69. The molecule has 1 spiro atoms. The second-order valence-electron chi connectivity index (χ2n) is 6.96. The number of pyridine rings is 1. The summed E-state index contributed by atoms with van der Waals surface area (Å²) in [7, 11) is 0. The van der Waals surface area contributed by atoms with Gasteiger partial charge >= 0.3 is 0 Å². The number of nitrogens with zero attached hydrogens (tertiary/aromatic N) is 2. The van der Waals surface area contributed by atoms with Gasteiger partial charge in [0.05, 0.1) is 18.2 Å². The Labute approximate surface area is 145 Å². The van der Waals surface area contributed by atoms with E-state index in [2.05, 4.69) is 15.2 Å². The Morgan fingerprint density at radius 2 is 2.08 bits per heavy atom. The Bertz CT molecular complexity index is 740. The van der Waals surface area contributed by atoms with E-state index in [4.69, 9.17) is 4.74 Å². The van der Waals surface area contributed by atoms with Crippen molar-refractivity contribution in [2.75, 3.05) is 25.0 Å². The fourth-order valence-electron chi connectivity index (χ4n) is 3.82. The third-order valence-corrected chi connectivity index (χ3v) is 5.02. The monoisotopic (exact) mass is 345 g/mol. The summed E-state index contributed by atoms with van der Waals surface area (Å²) in [5.74, 6) is -0.265. The van der Waals surface area contributed by atoms with Crippen molar-refractivity contribution in [2.45, 2.75) is 31.0 Å². The summed E-state index contributed by atoms with van der Waals surface area (Å²) in [4.78, 5) is 6.38. The lowest BCUT2D eigenvalue weighted by molar-refractivity contribution is 0.0120. The minimum atomic E-state index is -0.340. The molecule has 4 rings (SSSR count). The van der Waals surface area contributed by atoms with Gasteiger partial charge in [-0.2, -0.15) is 0 Å². The Kier molecular flexibility index (Phi) is 4.39. The first-order valence-electron chi connectivity index (χ1n) is 8.60. The highest BCUT2D eigenvalue weighted by atomic mass is 19.1. The van der Waals surface area contributed by atoms with Gasteiger partial charge in [0.1, 0.15) is 5.82 Å². The number of rotatable bonds is 4.